The van der Waals surface area contributed by atoms with Crippen molar-refractivity contribution in [3.05, 3.63) is 41.9 Å². The Balaban J connectivity index is 2.94. The molecule has 0 amide bonds. The Labute approximate surface area is 106 Å². The van der Waals surface area contributed by atoms with Gasteiger partial charge in [0.05, 0.1) is 5.71 Å². The van der Waals surface area contributed by atoms with Crippen LogP contribution in [0.3, 0.4) is 0 Å². The van der Waals surface area contributed by atoms with E-state index < -0.39 is 30.1 Å². The van der Waals surface area contributed by atoms with Crippen molar-refractivity contribution >= 4 is 11.7 Å². The molecule has 8 heteroatoms. The van der Waals surface area contributed by atoms with Gasteiger partial charge in [0, 0.05) is 18.0 Å². The highest BCUT2D eigenvalue weighted by molar-refractivity contribution is 6.06. The standard InChI is InChI=1S/C11H10F3N3O2/c12-11(13,14)9(17-6-10(18)19)4-8(15)7-2-1-3-16-5-7/h1-5,15,17H,6H2,(H,18,19)/b9-4-,15-8?. The number of aliphatic carboxylic acids is 1. The molecule has 1 rings (SSSR count). The molecule has 0 aliphatic heterocycles. The highest BCUT2D eigenvalue weighted by atomic mass is 19.4. The number of hydrogen-bond acceptors (Lipinski definition) is 4. The second-order valence-corrected chi connectivity index (χ2v) is 3.46. The monoisotopic (exact) mass is 273 g/mol. The van der Waals surface area contributed by atoms with Crippen molar-refractivity contribution in [1.29, 1.82) is 5.41 Å². The Morgan fingerprint density at radius 1 is 1.53 bits per heavy atom. The lowest BCUT2D eigenvalue weighted by atomic mass is 10.1. The predicted octanol–water partition coefficient (Wildman–Crippen LogP) is 1.57. The van der Waals surface area contributed by atoms with Crippen LogP contribution in [0, 0.1) is 5.41 Å². The van der Waals surface area contributed by atoms with Gasteiger partial charge in [-0.05, 0) is 18.2 Å². The second kappa shape index (κ2) is 5.98. The fourth-order valence-corrected chi connectivity index (χ4v) is 1.15. The lowest BCUT2D eigenvalue weighted by Gasteiger charge is -2.13. The number of allylic oxidation sites excluding steroid dienone is 2. The van der Waals surface area contributed by atoms with Gasteiger partial charge in [0.2, 0.25) is 0 Å². The lowest BCUT2D eigenvalue weighted by Crippen LogP contribution is -2.31. The highest BCUT2D eigenvalue weighted by Gasteiger charge is 2.34. The fraction of sp³-hybridized carbons (Fsp3) is 0.182. The zero-order valence-electron chi connectivity index (χ0n) is 9.53. The van der Waals surface area contributed by atoms with Crippen molar-refractivity contribution in [2.24, 2.45) is 0 Å². The van der Waals surface area contributed by atoms with Gasteiger partial charge in [-0.2, -0.15) is 13.2 Å². The maximum absolute atomic E-state index is 12.6. The summed E-state index contributed by atoms with van der Waals surface area (Å²) in [7, 11) is 0. The first-order valence-corrected chi connectivity index (χ1v) is 5.04. The van der Waals surface area contributed by atoms with Gasteiger partial charge in [-0.15, -0.1) is 0 Å². The van der Waals surface area contributed by atoms with Crippen LogP contribution in [0.4, 0.5) is 13.2 Å². The number of rotatable bonds is 5. The molecular formula is C11H10F3N3O2. The number of halogens is 3. The first kappa shape index (κ1) is 14.7. The van der Waals surface area contributed by atoms with Crippen LogP contribution in [0.2, 0.25) is 0 Å². The molecule has 0 radical (unpaired) electrons. The van der Waals surface area contributed by atoms with Gasteiger partial charge in [-0.3, -0.25) is 9.78 Å². The third-order valence-electron chi connectivity index (χ3n) is 2.00. The van der Waals surface area contributed by atoms with Crippen molar-refractivity contribution in [3.8, 4) is 0 Å². The SMILES string of the molecule is N=C(/C=C(\NCC(=O)O)C(F)(F)F)c1cccnc1. The largest absolute Gasteiger partial charge is 0.480 e. The van der Waals surface area contributed by atoms with Crippen LogP contribution in [0.25, 0.3) is 0 Å². The number of carboxylic acids is 1. The van der Waals surface area contributed by atoms with Gasteiger partial charge in [0.25, 0.3) is 0 Å². The van der Waals surface area contributed by atoms with E-state index in [-0.39, 0.29) is 5.56 Å². The number of pyridine rings is 1. The smallest absolute Gasteiger partial charge is 0.431 e. The maximum atomic E-state index is 12.6. The Bertz CT molecular complexity index is 498. The summed E-state index contributed by atoms with van der Waals surface area (Å²) < 4.78 is 37.8. The minimum Gasteiger partial charge on any atom is -0.480 e. The quantitative estimate of drug-likeness (QED) is 0.711. The molecule has 102 valence electrons. The van der Waals surface area contributed by atoms with Gasteiger partial charge in [0.15, 0.2) is 0 Å². The van der Waals surface area contributed by atoms with Crippen LogP contribution in [0.1, 0.15) is 5.56 Å². The first-order chi connectivity index (χ1) is 8.80. The van der Waals surface area contributed by atoms with E-state index in [2.05, 4.69) is 4.98 Å². The molecule has 0 bridgehead atoms. The molecule has 0 saturated carbocycles. The molecule has 0 unspecified atom stereocenters. The van der Waals surface area contributed by atoms with Gasteiger partial charge >= 0.3 is 12.1 Å². The molecule has 0 saturated heterocycles. The number of carboxylic acid groups (broad SMARTS) is 1. The Morgan fingerprint density at radius 3 is 2.68 bits per heavy atom. The lowest BCUT2D eigenvalue weighted by molar-refractivity contribution is -0.136. The predicted molar refractivity (Wildman–Crippen MR) is 60.8 cm³/mol. The summed E-state index contributed by atoms with van der Waals surface area (Å²) in [4.78, 5) is 13.9. The van der Waals surface area contributed by atoms with Crippen LogP contribution < -0.4 is 5.32 Å². The molecule has 3 N–H and O–H groups in total. The normalized spacial score (nSPS) is 12.1. The molecule has 0 spiro atoms. The Hall–Kier alpha value is -2.38. The average Bonchev–Trinajstić information content (AvgIpc) is 2.33. The maximum Gasteiger partial charge on any atom is 0.431 e. The molecule has 1 aromatic rings. The minimum atomic E-state index is -4.76. The van der Waals surface area contributed by atoms with E-state index in [1.54, 1.807) is 5.32 Å². The molecule has 5 nitrogen and oxygen atoms in total. The van der Waals surface area contributed by atoms with Crippen LogP contribution in [-0.4, -0.2) is 34.5 Å². The summed E-state index contributed by atoms with van der Waals surface area (Å²) in [5.74, 6) is -1.43. The Morgan fingerprint density at radius 2 is 2.21 bits per heavy atom. The summed E-state index contributed by atoms with van der Waals surface area (Å²) in [6.45, 7) is -0.883. The molecule has 1 heterocycles. The molecule has 0 atom stereocenters. The molecule has 1 aromatic heterocycles. The number of nitrogens with one attached hydrogen (secondary N) is 2. The van der Waals surface area contributed by atoms with Crippen molar-refractivity contribution in [1.82, 2.24) is 10.3 Å². The van der Waals surface area contributed by atoms with Crippen molar-refractivity contribution in [2.75, 3.05) is 6.54 Å². The van der Waals surface area contributed by atoms with E-state index in [0.29, 0.717) is 6.08 Å². The van der Waals surface area contributed by atoms with Crippen LogP contribution >= 0.6 is 0 Å². The number of alkyl halides is 3. The second-order valence-electron chi connectivity index (χ2n) is 3.46. The average molecular weight is 273 g/mol. The molecule has 0 aromatic carbocycles. The fourth-order valence-electron chi connectivity index (χ4n) is 1.15. The topological polar surface area (TPSA) is 86.1 Å². The molecule has 19 heavy (non-hydrogen) atoms. The van der Waals surface area contributed by atoms with Gasteiger partial charge < -0.3 is 15.8 Å². The van der Waals surface area contributed by atoms with Crippen molar-refractivity contribution in [3.63, 3.8) is 0 Å². The summed E-state index contributed by atoms with van der Waals surface area (Å²) in [6.07, 6.45) is -1.57. The number of carbonyl (C=O) groups is 1. The van der Waals surface area contributed by atoms with Gasteiger partial charge in [0.1, 0.15) is 12.2 Å². The van der Waals surface area contributed by atoms with E-state index in [1.165, 1.54) is 24.5 Å². The number of hydrogen-bond donors (Lipinski definition) is 3. The minimum absolute atomic E-state index is 0.196. The van der Waals surface area contributed by atoms with Crippen LogP contribution in [0.5, 0.6) is 0 Å². The summed E-state index contributed by atoms with van der Waals surface area (Å²) in [5.41, 5.74) is -1.51. The summed E-state index contributed by atoms with van der Waals surface area (Å²) >= 11 is 0. The van der Waals surface area contributed by atoms with E-state index in [1.807, 2.05) is 0 Å². The van der Waals surface area contributed by atoms with Crippen molar-refractivity contribution in [2.45, 2.75) is 6.18 Å². The third-order valence-corrected chi connectivity index (χ3v) is 2.00. The zero-order chi connectivity index (χ0) is 14.5. The van der Waals surface area contributed by atoms with Crippen LogP contribution in [0.15, 0.2) is 36.3 Å². The molecule has 0 aliphatic carbocycles. The van der Waals surface area contributed by atoms with Crippen molar-refractivity contribution < 1.29 is 23.1 Å². The summed E-state index contributed by atoms with van der Waals surface area (Å²) in [6, 6.07) is 2.91. The first-order valence-electron chi connectivity index (χ1n) is 5.04. The van der Waals surface area contributed by atoms with Gasteiger partial charge in [-0.25, -0.2) is 0 Å². The van der Waals surface area contributed by atoms with Crippen LogP contribution in [-0.2, 0) is 4.79 Å². The van der Waals surface area contributed by atoms with E-state index >= 15 is 0 Å². The molecule has 0 aliphatic rings. The number of aromatic nitrogens is 1. The highest BCUT2D eigenvalue weighted by Crippen LogP contribution is 2.23. The van der Waals surface area contributed by atoms with E-state index in [9.17, 15) is 18.0 Å². The van der Waals surface area contributed by atoms with E-state index in [4.69, 9.17) is 10.5 Å². The zero-order valence-corrected chi connectivity index (χ0v) is 9.53. The Kier molecular flexibility index (Phi) is 4.62. The molecule has 0 fully saturated rings. The third kappa shape index (κ3) is 4.78. The molecular weight excluding hydrogens is 263 g/mol. The summed E-state index contributed by atoms with van der Waals surface area (Å²) in [5, 5.41) is 17.6. The van der Waals surface area contributed by atoms with Gasteiger partial charge in [-0.1, -0.05) is 0 Å². The number of nitrogens with zero attached hydrogens (tertiary/aromatic N) is 1. The van der Waals surface area contributed by atoms with E-state index in [0.717, 1.165) is 0 Å².